The van der Waals surface area contributed by atoms with Crippen LogP contribution in [0.1, 0.15) is 27.2 Å². The molecule has 2 aromatic heterocycles. The van der Waals surface area contributed by atoms with E-state index in [1.165, 1.54) is 11.1 Å². The van der Waals surface area contributed by atoms with Crippen molar-refractivity contribution in [2.24, 2.45) is 0 Å². The van der Waals surface area contributed by atoms with Gasteiger partial charge in [-0.3, -0.25) is 4.98 Å². The van der Waals surface area contributed by atoms with E-state index in [2.05, 4.69) is 17.1 Å². The summed E-state index contributed by atoms with van der Waals surface area (Å²) in [6.07, 6.45) is 6.23. The van der Waals surface area contributed by atoms with E-state index in [9.17, 15) is 4.79 Å². The molecule has 0 aliphatic carbocycles. The van der Waals surface area contributed by atoms with Crippen LogP contribution in [0.5, 0.6) is 0 Å². The molecule has 3 aromatic rings. The number of aromatic carboxylic acids is 1. The molecule has 1 aromatic carbocycles. The molecular weight excluding hydrogens is 276 g/mol. The van der Waals surface area contributed by atoms with E-state index < -0.39 is 5.97 Å². The normalized spacial score (nSPS) is 10.6. The van der Waals surface area contributed by atoms with Crippen molar-refractivity contribution in [3.05, 3.63) is 83.4 Å². The molecule has 0 amide bonds. The highest BCUT2D eigenvalue weighted by Gasteiger charge is 2.11. The third-order valence-electron chi connectivity index (χ3n) is 3.74. The van der Waals surface area contributed by atoms with Gasteiger partial charge in [0, 0.05) is 30.0 Å². The average molecular weight is 292 g/mol. The maximum Gasteiger partial charge on any atom is 0.337 e. The SMILES string of the molecule is Cc1c(C(=O)O)ccn1-c1ccc(Cc2ccncc2)cc1. The molecule has 0 fully saturated rings. The minimum absolute atomic E-state index is 0.334. The van der Waals surface area contributed by atoms with Crippen LogP contribution in [0.15, 0.2) is 61.1 Å². The summed E-state index contributed by atoms with van der Waals surface area (Å²) >= 11 is 0. The zero-order valence-electron chi connectivity index (χ0n) is 12.2. The van der Waals surface area contributed by atoms with Gasteiger partial charge in [-0.15, -0.1) is 0 Å². The first kappa shape index (κ1) is 14.1. The van der Waals surface area contributed by atoms with Crippen LogP contribution < -0.4 is 0 Å². The molecule has 0 aliphatic heterocycles. The van der Waals surface area contributed by atoms with E-state index in [-0.39, 0.29) is 0 Å². The molecular formula is C18H16N2O2. The molecule has 1 N–H and O–H groups in total. The predicted molar refractivity (Wildman–Crippen MR) is 84.5 cm³/mol. The number of carbonyl (C=O) groups is 1. The molecule has 22 heavy (non-hydrogen) atoms. The van der Waals surface area contributed by atoms with Crippen LogP contribution in [0.4, 0.5) is 0 Å². The summed E-state index contributed by atoms with van der Waals surface area (Å²) < 4.78 is 1.89. The minimum Gasteiger partial charge on any atom is -0.478 e. The van der Waals surface area contributed by atoms with Crippen molar-refractivity contribution in [2.45, 2.75) is 13.3 Å². The fraction of sp³-hybridized carbons (Fsp3) is 0.111. The maximum absolute atomic E-state index is 11.1. The van der Waals surface area contributed by atoms with E-state index in [0.29, 0.717) is 5.56 Å². The molecule has 110 valence electrons. The van der Waals surface area contributed by atoms with Gasteiger partial charge >= 0.3 is 5.97 Å². The molecule has 0 spiro atoms. The van der Waals surface area contributed by atoms with Crippen LogP contribution in [0.25, 0.3) is 5.69 Å². The molecule has 0 radical (unpaired) electrons. The average Bonchev–Trinajstić information content (AvgIpc) is 2.91. The highest BCUT2D eigenvalue weighted by atomic mass is 16.4. The summed E-state index contributed by atoms with van der Waals surface area (Å²) in [5.41, 5.74) is 4.45. The van der Waals surface area contributed by atoms with Gasteiger partial charge in [-0.2, -0.15) is 0 Å². The third-order valence-corrected chi connectivity index (χ3v) is 3.74. The van der Waals surface area contributed by atoms with E-state index >= 15 is 0 Å². The number of carboxylic acid groups (broad SMARTS) is 1. The largest absolute Gasteiger partial charge is 0.478 e. The Kier molecular flexibility index (Phi) is 3.74. The van der Waals surface area contributed by atoms with E-state index in [4.69, 9.17) is 5.11 Å². The van der Waals surface area contributed by atoms with Gasteiger partial charge in [0.25, 0.3) is 0 Å². The fourth-order valence-electron chi connectivity index (χ4n) is 2.53. The van der Waals surface area contributed by atoms with Gasteiger partial charge in [0.05, 0.1) is 5.56 Å². The Bertz CT molecular complexity index is 790. The standard InChI is InChI=1S/C18H16N2O2/c1-13-17(18(21)22)8-11-20(13)16-4-2-14(3-5-16)12-15-6-9-19-10-7-15/h2-11H,12H2,1H3,(H,21,22). The highest BCUT2D eigenvalue weighted by Crippen LogP contribution is 2.18. The number of benzene rings is 1. The van der Waals surface area contributed by atoms with Gasteiger partial charge < -0.3 is 9.67 Å². The van der Waals surface area contributed by atoms with Crippen LogP contribution in [-0.4, -0.2) is 20.6 Å². The van der Waals surface area contributed by atoms with Gasteiger partial charge in [0.1, 0.15) is 0 Å². The van der Waals surface area contributed by atoms with Crippen molar-refractivity contribution in [1.29, 1.82) is 0 Å². The lowest BCUT2D eigenvalue weighted by Crippen LogP contribution is -2.01. The molecule has 3 rings (SSSR count). The van der Waals surface area contributed by atoms with Gasteiger partial charge in [0.2, 0.25) is 0 Å². The number of pyridine rings is 1. The number of rotatable bonds is 4. The zero-order valence-corrected chi connectivity index (χ0v) is 12.2. The second kappa shape index (κ2) is 5.85. The van der Waals surface area contributed by atoms with Crippen LogP contribution in [0.3, 0.4) is 0 Å². The first-order valence-electron chi connectivity index (χ1n) is 7.04. The van der Waals surface area contributed by atoms with Gasteiger partial charge in [0.15, 0.2) is 0 Å². The van der Waals surface area contributed by atoms with Crippen molar-refractivity contribution in [3.8, 4) is 5.69 Å². The van der Waals surface area contributed by atoms with E-state index in [1.807, 2.05) is 35.8 Å². The van der Waals surface area contributed by atoms with Crippen molar-refractivity contribution < 1.29 is 9.90 Å². The summed E-state index contributed by atoms with van der Waals surface area (Å²) in [5, 5.41) is 9.12. The van der Waals surface area contributed by atoms with E-state index in [1.54, 1.807) is 24.7 Å². The fourth-order valence-corrected chi connectivity index (χ4v) is 2.53. The second-order valence-electron chi connectivity index (χ2n) is 5.19. The van der Waals surface area contributed by atoms with E-state index in [0.717, 1.165) is 17.8 Å². The Hall–Kier alpha value is -2.88. The summed E-state index contributed by atoms with van der Waals surface area (Å²) in [6.45, 7) is 1.81. The van der Waals surface area contributed by atoms with Crippen molar-refractivity contribution >= 4 is 5.97 Å². The first-order valence-corrected chi connectivity index (χ1v) is 7.04. The van der Waals surface area contributed by atoms with Crippen LogP contribution >= 0.6 is 0 Å². The Morgan fingerprint density at radius 1 is 1.05 bits per heavy atom. The minimum atomic E-state index is -0.898. The lowest BCUT2D eigenvalue weighted by Gasteiger charge is -2.08. The summed E-state index contributed by atoms with van der Waals surface area (Å²) in [4.78, 5) is 15.1. The van der Waals surface area contributed by atoms with Gasteiger partial charge in [-0.05, 0) is 54.8 Å². The lowest BCUT2D eigenvalue weighted by atomic mass is 10.1. The number of hydrogen-bond donors (Lipinski definition) is 1. The first-order chi connectivity index (χ1) is 10.6. The molecule has 2 heterocycles. The molecule has 0 saturated heterocycles. The monoisotopic (exact) mass is 292 g/mol. The molecule has 0 bridgehead atoms. The van der Waals surface area contributed by atoms with Crippen molar-refractivity contribution in [3.63, 3.8) is 0 Å². The zero-order chi connectivity index (χ0) is 15.5. The quantitative estimate of drug-likeness (QED) is 0.801. The number of hydrogen-bond acceptors (Lipinski definition) is 2. The Morgan fingerprint density at radius 2 is 1.68 bits per heavy atom. The molecule has 0 atom stereocenters. The Labute approximate surface area is 128 Å². The number of aromatic nitrogens is 2. The smallest absolute Gasteiger partial charge is 0.337 e. The predicted octanol–water partition coefficient (Wildman–Crippen LogP) is 3.47. The highest BCUT2D eigenvalue weighted by molar-refractivity contribution is 5.89. The second-order valence-corrected chi connectivity index (χ2v) is 5.19. The molecule has 0 unspecified atom stereocenters. The van der Waals surface area contributed by atoms with Crippen LogP contribution in [0, 0.1) is 6.92 Å². The molecule has 4 nitrogen and oxygen atoms in total. The number of carboxylic acids is 1. The Morgan fingerprint density at radius 3 is 2.27 bits per heavy atom. The van der Waals surface area contributed by atoms with Gasteiger partial charge in [-0.25, -0.2) is 4.79 Å². The van der Waals surface area contributed by atoms with Gasteiger partial charge in [-0.1, -0.05) is 12.1 Å². The third kappa shape index (κ3) is 2.76. The molecule has 0 saturated carbocycles. The Balaban J connectivity index is 1.84. The molecule has 4 heteroatoms. The topological polar surface area (TPSA) is 55.1 Å². The van der Waals surface area contributed by atoms with Crippen molar-refractivity contribution in [2.75, 3.05) is 0 Å². The van der Waals surface area contributed by atoms with Crippen molar-refractivity contribution in [1.82, 2.24) is 9.55 Å². The number of nitrogens with zero attached hydrogens (tertiary/aromatic N) is 2. The summed E-state index contributed by atoms with van der Waals surface area (Å²) in [7, 11) is 0. The molecule has 0 aliphatic rings. The summed E-state index contributed by atoms with van der Waals surface area (Å²) in [6, 6.07) is 13.8. The van der Waals surface area contributed by atoms with Crippen LogP contribution in [0.2, 0.25) is 0 Å². The maximum atomic E-state index is 11.1. The summed E-state index contributed by atoms with van der Waals surface area (Å²) in [5.74, 6) is -0.898. The van der Waals surface area contributed by atoms with Crippen LogP contribution in [-0.2, 0) is 6.42 Å². The lowest BCUT2D eigenvalue weighted by molar-refractivity contribution is 0.0696.